The Morgan fingerprint density at radius 3 is 2.42 bits per heavy atom. The summed E-state index contributed by atoms with van der Waals surface area (Å²) in [7, 11) is 0. The minimum atomic E-state index is -0.625. The van der Waals surface area contributed by atoms with Crippen molar-refractivity contribution in [3.8, 4) is 6.07 Å². The van der Waals surface area contributed by atoms with E-state index in [-0.39, 0.29) is 53.5 Å². The lowest BCUT2D eigenvalue weighted by Gasteiger charge is -2.39. The molecule has 0 radical (unpaired) electrons. The molecule has 5 amide bonds. The first-order valence-corrected chi connectivity index (χ1v) is 20.9. The van der Waals surface area contributed by atoms with Gasteiger partial charge in [-0.15, -0.1) is 0 Å². The number of nitriles is 1. The van der Waals surface area contributed by atoms with Crippen LogP contribution in [0.3, 0.4) is 0 Å². The highest BCUT2D eigenvalue weighted by Crippen LogP contribution is 2.33. The number of piperidine rings is 1. The maximum atomic E-state index is 15.4. The molecule has 3 aromatic rings. The first-order chi connectivity index (χ1) is 29.8. The minimum absolute atomic E-state index is 0.00175. The summed E-state index contributed by atoms with van der Waals surface area (Å²) in [5.74, 6) is -1.30. The first kappa shape index (κ1) is 43.5. The Kier molecular flexibility index (Phi) is 13.3. The van der Waals surface area contributed by atoms with Gasteiger partial charge in [0.05, 0.1) is 45.3 Å². The molecule has 19 heteroatoms. The lowest BCUT2D eigenvalue weighted by molar-refractivity contribution is -0.129. The first-order valence-electron chi connectivity index (χ1n) is 20.5. The predicted molar refractivity (Wildman–Crippen MR) is 229 cm³/mol. The van der Waals surface area contributed by atoms with Gasteiger partial charge in [-0.05, 0) is 81.0 Å². The van der Waals surface area contributed by atoms with E-state index in [9.17, 15) is 29.2 Å². The Morgan fingerprint density at radius 1 is 1.00 bits per heavy atom. The maximum absolute atomic E-state index is 15.4. The van der Waals surface area contributed by atoms with Crippen LogP contribution in [0.25, 0.3) is 0 Å². The van der Waals surface area contributed by atoms with Crippen LogP contribution in [-0.4, -0.2) is 113 Å². The second-order valence-corrected chi connectivity index (χ2v) is 16.3. The molecule has 7 rings (SSSR count). The summed E-state index contributed by atoms with van der Waals surface area (Å²) in [6.07, 6.45) is 7.15. The molecule has 0 saturated carbocycles. The zero-order valence-electron chi connectivity index (χ0n) is 34.3. The summed E-state index contributed by atoms with van der Waals surface area (Å²) in [4.78, 5) is 80.0. The van der Waals surface area contributed by atoms with E-state index in [0.29, 0.717) is 81.1 Å². The zero-order chi connectivity index (χ0) is 44.1. The number of fused-ring (bicyclic) bond motifs is 2. The molecule has 1 unspecified atom stereocenters. The van der Waals surface area contributed by atoms with Crippen LogP contribution < -0.4 is 31.9 Å². The fraction of sp³-hybridized carbons (Fsp3) is 0.395. The second kappa shape index (κ2) is 19.0. The van der Waals surface area contributed by atoms with Gasteiger partial charge < -0.3 is 31.5 Å². The smallest absolute Gasteiger partial charge is 0.269 e. The van der Waals surface area contributed by atoms with Crippen molar-refractivity contribution in [3.63, 3.8) is 0 Å². The standard InChI is InChI=1S/C43H48ClFN12O5/c1-26(2-7-39(59)51-25-58)57-41(60)31-19-34(45)37(20-32(31)42(57)61)54-16-14-53(15-17-54)22-27-8-11-55(12-9-27)43(62)35(47)5-6-38(48)52-40-30-10-13-56(23-36(30)49-24-50-40)29-4-3-28(21-46)33(44)18-29/h3-6,18-20,24-27H,2,7-17,22-23,47-48H2,1H3,(H,49,50,52)(H,51,58,59)/b35-5-,38-6+. The molecule has 0 bridgehead atoms. The number of nitrogens with zero attached hydrogens (tertiary/aromatic N) is 8. The number of anilines is 3. The highest BCUT2D eigenvalue weighted by Gasteiger charge is 2.40. The quantitative estimate of drug-likeness (QED) is 0.0839. The lowest BCUT2D eigenvalue weighted by atomic mass is 9.95. The molecule has 1 aromatic heterocycles. The number of nitrogens with one attached hydrogen (secondary N) is 2. The molecule has 6 N–H and O–H groups in total. The number of carbonyl (C=O) groups excluding carboxylic acids is 5. The predicted octanol–water partition coefficient (Wildman–Crippen LogP) is 2.86. The number of imide groups is 2. The maximum Gasteiger partial charge on any atom is 0.269 e. The minimum Gasteiger partial charge on any atom is -0.394 e. The second-order valence-electron chi connectivity index (χ2n) is 15.9. The van der Waals surface area contributed by atoms with Gasteiger partial charge in [0.25, 0.3) is 17.7 Å². The van der Waals surface area contributed by atoms with Gasteiger partial charge in [0.1, 0.15) is 29.9 Å². The molecule has 62 heavy (non-hydrogen) atoms. The van der Waals surface area contributed by atoms with Crippen LogP contribution in [0.15, 0.2) is 60.3 Å². The number of benzene rings is 2. The van der Waals surface area contributed by atoms with Crippen molar-refractivity contribution >= 4 is 58.8 Å². The molecule has 2 saturated heterocycles. The topological polar surface area (TPSA) is 227 Å². The van der Waals surface area contributed by atoms with E-state index in [1.165, 1.54) is 18.5 Å². The third-order valence-corrected chi connectivity index (χ3v) is 12.3. The summed E-state index contributed by atoms with van der Waals surface area (Å²) < 4.78 is 15.4. The van der Waals surface area contributed by atoms with E-state index in [0.717, 1.165) is 47.3 Å². The van der Waals surface area contributed by atoms with Gasteiger partial charge in [-0.2, -0.15) is 5.26 Å². The monoisotopic (exact) mass is 866 g/mol. The van der Waals surface area contributed by atoms with Crippen LogP contribution in [-0.2, 0) is 27.3 Å². The highest BCUT2D eigenvalue weighted by atomic mass is 35.5. The average Bonchev–Trinajstić information content (AvgIpc) is 3.51. The fourth-order valence-electron chi connectivity index (χ4n) is 8.46. The summed E-state index contributed by atoms with van der Waals surface area (Å²) in [5, 5.41) is 14.8. The van der Waals surface area contributed by atoms with Gasteiger partial charge >= 0.3 is 0 Å². The average molecular weight is 867 g/mol. The molecule has 1 atom stereocenters. The lowest BCUT2D eigenvalue weighted by Crippen LogP contribution is -2.49. The molecule has 4 aliphatic heterocycles. The number of halogens is 2. The number of amides is 5. The molecule has 2 fully saturated rings. The summed E-state index contributed by atoms with van der Waals surface area (Å²) in [5.41, 5.74) is 16.1. The van der Waals surface area contributed by atoms with E-state index in [1.807, 2.05) is 16.3 Å². The van der Waals surface area contributed by atoms with Crippen molar-refractivity contribution in [2.75, 3.05) is 67.5 Å². The Hall–Kier alpha value is -6.58. The van der Waals surface area contributed by atoms with Crippen molar-refractivity contribution in [2.24, 2.45) is 17.4 Å². The Balaban J connectivity index is 0.862. The van der Waals surface area contributed by atoms with E-state index in [4.69, 9.17) is 23.1 Å². The Morgan fingerprint density at radius 2 is 1.73 bits per heavy atom. The van der Waals surface area contributed by atoms with Crippen LogP contribution in [0.4, 0.5) is 21.6 Å². The fourth-order valence-corrected chi connectivity index (χ4v) is 8.67. The van der Waals surface area contributed by atoms with Crippen molar-refractivity contribution in [3.05, 3.63) is 99.1 Å². The van der Waals surface area contributed by atoms with E-state index >= 15 is 4.39 Å². The van der Waals surface area contributed by atoms with Crippen LogP contribution in [0.1, 0.15) is 70.1 Å². The number of allylic oxidation sites excluding steroid dienone is 2. The van der Waals surface area contributed by atoms with Gasteiger partial charge in [0.2, 0.25) is 12.3 Å². The Bertz CT molecular complexity index is 2370. The van der Waals surface area contributed by atoms with Crippen molar-refractivity contribution in [1.29, 1.82) is 5.26 Å². The normalized spacial score (nSPS) is 18.0. The third-order valence-electron chi connectivity index (χ3n) is 12.0. The number of hydrogen-bond acceptors (Lipinski definition) is 14. The van der Waals surface area contributed by atoms with Crippen LogP contribution in [0.5, 0.6) is 0 Å². The van der Waals surface area contributed by atoms with E-state index < -0.39 is 29.6 Å². The van der Waals surface area contributed by atoms with Crippen molar-refractivity contribution in [2.45, 2.75) is 51.6 Å². The molecule has 17 nitrogen and oxygen atoms in total. The Labute approximate surface area is 363 Å². The number of carbonyl (C=O) groups is 5. The SMILES string of the molecule is CC(CCC(=O)NC=O)N1C(=O)c2cc(F)c(N3CCN(CC4CCN(C(=O)/C(N)=C/C=C(\N)Nc5ncnc6c5CCN(c5ccc(C#N)c(Cl)c5)C6)CC4)CC3)cc2C1=O. The van der Waals surface area contributed by atoms with Crippen LogP contribution in [0, 0.1) is 23.1 Å². The molecule has 324 valence electrons. The molecule has 2 aromatic carbocycles. The molecule has 0 spiro atoms. The van der Waals surface area contributed by atoms with Gasteiger partial charge in [-0.1, -0.05) is 11.6 Å². The van der Waals surface area contributed by atoms with Gasteiger partial charge in [-0.3, -0.25) is 39.1 Å². The van der Waals surface area contributed by atoms with Gasteiger partial charge in [-0.25, -0.2) is 14.4 Å². The number of hydrogen-bond donors (Lipinski definition) is 4. The van der Waals surface area contributed by atoms with E-state index in [2.05, 4.69) is 31.2 Å². The van der Waals surface area contributed by atoms with Crippen molar-refractivity contribution < 1.29 is 28.4 Å². The van der Waals surface area contributed by atoms with Gasteiger partial charge in [0, 0.05) is 76.1 Å². The largest absolute Gasteiger partial charge is 0.394 e. The number of aromatic nitrogens is 2. The molecule has 0 aliphatic carbocycles. The zero-order valence-corrected chi connectivity index (χ0v) is 35.0. The number of nitrogens with two attached hydrogens (primary N) is 2. The number of piperazine rings is 1. The molecular weight excluding hydrogens is 819 g/mol. The summed E-state index contributed by atoms with van der Waals surface area (Å²) in [6.45, 7) is 7.20. The highest BCUT2D eigenvalue weighted by molar-refractivity contribution is 6.32. The number of rotatable bonds is 13. The summed E-state index contributed by atoms with van der Waals surface area (Å²) >= 11 is 6.27. The molecular formula is C43H48ClFN12O5. The van der Waals surface area contributed by atoms with Crippen molar-refractivity contribution in [1.82, 2.24) is 30.0 Å². The van der Waals surface area contributed by atoms with Gasteiger partial charge in [0.15, 0.2) is 0 Å². The third kappa shape index (κ3) is 9.48. The summed E-state index contributed by atoms with van der Waals surface area (Å²) in [6, 6.07) is 9.38. The van der Waals surface area contributed by atoms with Crippen LogP contribution in [0.2, 0.25) is 5.02 Å². The van der Waals surface area contributed by atoms with E-state index in [1.54, 1.807) is 30.0 Å². The van der Waals surface area contributed by atoms with Crippen LogP contribution >= 0.6 is 11.6 Å². The molecule has 5 heterocycles. The molecule has 4 aliphatic rings. The number of likely N-dealkylation sites (tertiary alicyclic amines) is 1.